The number of benzene rings is 1. The SMILES string of the molecule is CC(C)C[C@@H](C(N)=O)N(C)[C@@H]1CC[C@H]2CN(S(=O)(=O)c3ccc(F)c(C(F)(F)F)c3)C[C@H]21. The number of fused-ring (bicyclic) bond motifs is 1. The topological polar surface area (TPSA) is 83.7 Å². The fraction of sp³-hybridized carbons (Fsp3) is 0.667. The van der Waals surface area contributed by atoms with Gasteiger partial charge in [-0.2, -0.15) is 17.5 Å². The number of alkyl halides is 3. The molecule has 3 rings (SSSR count). The molecule has 6 nitrogen and oxygen atoms in total. The van der Waals surface area contributed by atoms with Crippen LogP contribution in [-0.4, -0.2) is 55.8 Å². The van der Waals surface area contributed by atoms with Crippen molar-refractivity contribution in [1.29, 1.82) is 0 Å². The van der Waals surface area contributed by atoms with E-state index in [1.54, 1.807) is 0 Å². The number of rotatable bonds is 7. The van der Waals surface area contributed by atoms with Gasteiger partial charge in [0.05, 0.1) is 16.5 Å². The number of hydrogen-bond acceptors (Lipinski definition) is 4. The van der Waals surface area contributed by atoms with Gasteiger partial charge in [-0.25, -0.2) is 12.8 Å². The highest BCUT2D eigenvalue weighted by Gasteiger charge is 2.49. The van der Waals surface area contributed by atoms with E-state index in [9.17, 15) is 30.8 Å². The Balaban J connectivity index is 1.82. The average molecular weight is 480 g/mol. The van der Waals surface area contributed by atoms with E-state index in [2.05, 4.69) is 0 Å². The third-order valence-electron chi connectivity index (χ3n) is 6.70. The molecule has 0 radical (unpaired) electrons. The van der Waals surface area contributed by atoms with Crippen molar-refractivity contribution in [1.82, 2.24) is 9.21 Å². The Labute approximate surface area is 185 Å². The van der Waals surface area contributed by atoms with Gasteiger partial charge in [0.25, 0.3) is 0 Å². The molecule has 1 saturated carbocycles. The van der Waals surface area contributed by atoms with Gasteiger partial charge in [0.2, 0.25) is 15.9 Å². The largest absolute Gasteiger partial charge is 0.419 e. The van der Waals surface area contributed by atoms with Crippen LogP contribution in [0.15, 0.2) is 23.1 Å². The molecule has 0 unspecified atom stereocenters. The fourth-order valence-corrected chi connectivity index (χ4v) is 6.65. The third-order valence-corrected chi connectivity index (χ3v) is 8.53. The summed E-state index contributed by atoms with van der Waals surface area (Å²) in [5.41, 5.74) is 4.01. The maximum atomic E-state index is 13.6. The van der Waals surface area contributed by atoms with Crippen molar-refractivity contribution >= 4 is 15.9 Å². The van der Waals surface area contributed by atoms with Crippen molar-refractivity contribution in [2.24, 2.45) is 23.5 Å². The average Bonchev–Trinajstić information content (AvgIpc) is 3.25. The molecule has 180 valence electrons. The van der Waals surface area contributed by atoms with E-state index in [1.165, 1.54) is 4.31 Å². The van der Waals surface area contributed by atoms with E-state index in [1.807, 2.05) is 25.8 Å². The number of carbonyl (C=O) groups excluding carboxylic acids is 1. The zero-order valence-electron chi connectivity index (χ0n) is 18.3. The molecule has 2 N–H and O–H groups in total. The van der Waals surface area contributed by atoms with Gasteiger partial charge < -0.3 is 5.73 Å². The third kappa shape index (κ3) is 4.79. The number of amides is 1. The van der Waals surface area contributed by atoms with E-state index >= 15 is 0 Å². The van der Waals surface area contributed by atoms with Crippen LogP contribution in [0.3, 0.4) is 0 Å². The van der Waals surface area contributed by atoms with Gasteiger partial charge in [0.15, 0.2) is 0 Å². The number of nitrogens with zero attached hydrogens (tertiary/aromatic N) is 2. The van der Waals surface area contributed by atoms with Gasteiger partial charge in [-0.3, -0.25) is 9.69 Å². The number of nitrogens with two attached hydrogens (primary N) is 1. The second-order valence-electron chi connectivity index (χ2n) is 9.24. The van der Waals surface area contributed by atoms with Gasteiger partial charge in [0, 0.05) is 19.1 Å². The maximum absolute atomic E-state index is 13.6. The monoisotopic (exact) mass is 479 g/mol. The molecule has 1 aliphatic heterocycles. The molecule has 1 aromatic carbocycles. The van der Waals surface area contributed by atoms with Gasteiger partial charge in [-0.15, -0.1) is 0 Å². The summed E-state index contributed by atoms with van der Waals surface area (Å²) in [4.78, 5) is 13.4. The lowest BCUT2D eigenvalue weighted by Crippen LogP contribution is -2.50. The van der Waals surface area contributed by atoms with Crippen molar-refractivity contribution in [2.45, 2.75) is 56.3 Å². The fourth-order valence-electron chi connectivity index (χ4n) is 5.09. The van der Waals surface area contributed by atoms with E-state index < -0.39 is 44.4 Å². The lowest BCUT2D eigenvalue weighted by molar-refractivity contribution is -0.140. The first kappa shape index (κ1) is 24.9. The minimum atomic E-state index is -4.99. The summed E-state index contributed by atoms with van der Waals surface area (Å²) in [6, 6.07) is 1.22. The first-order valence-corrected chi connectivity index (χ1v) is 12.1. The molecule has 11 heteroatoms. The first-order valence-electron chi connectivity index (χ1n) is 10.6. The maximum Gasteiger partial charge on any atom is 0.419 e. The van der Waals surface area contributed by atoms with Crippen LogP contribution >= 0.6 is 0 Å². The summed E-state index contributed by atoms with van der Waals surface area (Å²) in [7, 11) is -2.41. The molecular weight excluding hydrogens is 450 g/mol. The van der Waals surface area contributed by atoms with E-state index in [-0.39, 0.29) is 36.9 Å². The van der Waals surface area contributed by atoms with Crippen molar-refractivity contribution in [2.75, 3.05) is 20.1 Å². The Morgan fingerprint density at radius 3 is 2.47 bits per heavy atom. The summed E-state index contributed by atoms with van der Waals surface area (Å²) in [6.45, 7) is 4.29. The highest BCUT2D eigenvalue weighted by Crippen LogP contribution is 2.43. The zero-order valence-corrected chi connectivity index (χ0v) is 19.1. The zero-order chi connectivity index (χ0) is 24.0. The second kappa shape index (κ2) is 8.90. The molecular formula is C21H29F4N3O3S. The molecule has 0 aromatic heterocycles. The predicted molar refractivity (Wildman–Crippen MR) is 110 cm³/mol. The highest BCUT2D eigenvalue weighted by molar-refractivity contribution is 7.89. The van der Waals surface area contributed by atoms with Crippen LogP contribution in [0.4, 0.5) is 17.6 Å². The number of carbonyl (C=O) groups is 1. The molecule has 0 bridgehead atoms. The van der Waals surface area contributed by atoms with Crippen molar-refractivity contribution < 1.29 is 30.8 Å². The number of primary amides is 1. The summed E-state index contributed by atoms with van der Waals surface area (Å²) in [5, 5.41) is 0. The smallest absolute Gasteiger partial charge is 0.368 e. The van der Waals surface area contributed by atoms with Crippen molar-refractivity contribution in [3.8, 4) is 0 Å². The number of hydrogen-bond donors (Lipinski definition) is 1. The minimum absolute atomic E-state index is 0.0346. The molecule has 4 atom stereocenters. The molecule has 0 spiro atoms. The van der Waals surface area contributed by atoms with E-state index in [4.69, 9.17) is 5.73 Å². The van der Waals surface area contributed by atoms with Gasteiger partial charge in [0.1, 0.15) is 5.82 Å². The molecule has 32 heavy (non-hydrogen) atoms. The van der Waals surface area contributed by atoms with E-state index in [0.717, 1.165) is 18.9 Å². The van der Waals surface area contributed by atoms with Crippen LogP contribution in [0.25, 0.3) is 0 Å². The molecule has 2 fully saturated rings. The molecule has 1 aromatic rings. The van der Waals surface area contributed by atoms with Crippen LogP contribution in [0.1, 0.15) is 38.7 Å². The van der Waals surface area contributed by atoms with Gasteiger partial charge in [-0.05, 0) is 62.3 Å². The van der Waals surface area contributed by atoms with Crippen LogP contribution in [0.2, 0.25) is 0 Å². The Morgan fingerprint density at radius 2 is 1.91 bits per heavy atom. The van der Waals surface area contributed by atoms with Gasteiger partial charge >= 0.3 is 6.18 Å². The summed E-state index contributed by atoms with van der Waals surface area (Å²) < 4.78 is 80.1. The van der Waals surface area contributed by atoms with Crippen LogP contribution < -0.4 is 5.73 Å². The molecule has 1 amide bonds. The lowest BCUT2D eigenvalue weighted by Gasteiger charge is -2.35. The molecule has 1 saturated heterocycles. The Morgan fingerprint density at radius 1 is 1.25 bits per heavy atom. The van der Waals surface area contributed by atoms with Crippen molar-refractivity contribution in [3.05, 3.63) is 29.6 Å². The Hall–Kier alpha value is -1.72. The first-order chi connectivity index (χ1) is 14.7. The minimum Gasteiger partial charge on any atom is -0.368 e. The lowest BCUT2D eigenvalue weighted by atomic mass is 9.94. The van der Waals surface area contributed by atoms with Gasteiger partial charge in [-0.1, -0.05) is 13.8 Å². The number of likely N-dealkylation sites (N-methyl/N-ethyl adjacent to an activating group) is 1. The Kier molecular flexibility index (Phi) is 6.93. The van der Waals surface area contributed by atoms with Crippen LogP contribution in [0.5, 0.6) is 0 Å². The standard InChI is InChI=1S/C21H29F4N3O3S/c1-12(2)8-19(20(26)29)27(3)18-7-4-13-10-28(11-15(13)18)32(30,31)14-5-6-17(22)16(9-14)21(23,24)25/h5-6,9,12-13,15,18-19H,4,7-8,10-11H2,1-3H3,(H2,26,29)/t13-,15+,18+,19-/m0/s1. The van der Waals surface area contributed by atoms with Crippen LogP contribution in [-0.2, 0) is 21.0 Å². The molecule has 2 aliphatic rings. The second-order valence-corrected chi connectivity index (χ2v) is 11.2. The molecule has 1 aliphatic carbocycles. The normalized spacial score (nSPS) is 25.5. The number of halogens is 4. The summed E-state index contributed by atoms with van der Waals surface area (Å²) in [6.07, 6.45) is -2.88. The predicted octanol–water partition coefficient (Wildman–Crippen LogP) is 3.08. The van der Waals surface area contributed by atoms with E-state index in [0.29, 0.717) is 18.6 Å². The summed E-state index contributed by atoms with van der Waals surface area (Å²) in [5.74, 6) is -1.73. The highest BCUT2D eigenvalue weighted by atomic mass is 32.2. The summed E-state index contributed by atoms with van der Waals surface area (Å²) >= 11 is 0. The number of sulfonamides is 1. The van der Waals surface area contributed by atoms with Crippen LogP contribution in [0, 0.1) is 23.6 Å². The van der Waals surface area contributed by atoms with Crippen molar-refractivity contribution in [3.63, 3.8) is 0 Å². The Bertz CT molecular complexity index is 968. The molecule has 1 heterocycles. The quantitative estimate of drug-likeness (QED) is 0.610.